The van der Waals surface area contributed by atoms with E-state index in [-0.39, 0.29) is 0 Å². The van der Waals surface area contributed by atoms with Crippen LogP contribution in [0.2, 0.25) is 5.02 Å². The standard InChI is InChI=1S/C13H17BrClNO/c1-9(10-4-5-17-8-10)16-7-11-6-12(15)2-3-13(11)14/h2-3,6,9-10,16H,4-5,7-8H2,1H3. The molecule has 17 heavy (non-hydrogen) atoms. The van der Waals surface area contributed by atoms with Crippen LogP contribution in [0.3, 0.4) is 0 Å². The van der Waals surface area contributed by atoms with Gasteiger partial charge in [0, 0.05) is 28.7 Å². The van der Waals surface area contributed by atoms with Crippen molar-refractivity contribution < 1.29 is 4.74 Å². The predicted molar refractivity (Wildman–Crippen MR) is 74.4 cm³/mol. The average Bonchev–Trinajstić information content (AvgIpc) is 2.83. The summed E-state index contributed by atoms with van der Waals surface area (Å²) in [6.07, 6.45) is 1.16. The molecular weight excluding hydrogens is 302 g/mol. The fraction of sp³-hybridized carbons (Fsp3) is 0.538. The molecule has 1 aliphatic rings. The minimum Gasteiger partial charge on any atom is -0.381 e. The van der Waals surface area contributed by atoms with E-state index < -0.39 is 0 Å². The van der Waals surface area contributed by atoms with E-state index in [1.807, 2.05) is 18.2 Å². The maximum Gasteiger partial charge on any atom is 0.0509 e. The molecule has 2 rings (SSSR count). The van der Waals surface area contributed by atoms with E-state index in [2.05, 4.69) is 28.2 Å². The van der Waals surface area contributed by atoms with Crippen LogP contribution >= 0.6 is 27.5 Å². The SMILES string of the molecule is CC(NCc1cc(Cl)ccc1Br)C1CCOC1. The molecule has 1 aliphatic heterocycles. The molecule has 1 aromatic carbocycles. The van der Waals surface area contributed by atoms with Crippen LogP contribution in [0.5, 0.6) is 0 Å². The maximum atomic E-state index is 5.99. The normalized spacial score (nSPS) is 21.7. The van der Waals surface area contributed by atoms with Crippen molar-refractivity contribution >= 4 is 27.5 Å². The van der Waals surface area contributed by atoms with Crippen LogP contribution in [-0.2, 0) is 11.3 Å². The Bertz CT molecular complexity index is 380. The van der Waals surface area contributed by atoms with Crippen molar-refractivity contribution in [2.45, 2.75) is 25.9 Å². The lowest BCUT2D eigenvalue weighted by Gasteiger charge is -2.19. The smallest absolute Gasteiger partial charge is 0.0509 e. The van der Waals surface area contributed by atoms with Gasteiger partial charge >= 0.3 is 0 Å². The molecule has 0 aromatic heterocycles. The highest BCUT2D eigenvalue weighted by Crippen LogP contribution is 2.22. The van der Waals surface area contributed by atoms with Gasteiger partial charge < -0.3 is 10.1 Å². The van der Waals surface area contributed by atoms with Gasteiger partial charge in [-0.1, -0.05) is 27.5 Å². The van der Waals surface area contributed by atoms with Crippen LogP contribution in [0.25, 0.3) is 0 Å². The van der Waals surface area contributed by atoms with Gasteiger partial charge in [-0.05, 0) is 43.0 Å². The number of benzene rings is 1. The summed E-state index contributed by atoms with van der Waals surface area (Å²) in [7, 11) is 0. The first-order valence-electron chi connectivity index (χ1n) is 5.92. The molecule has 1 fully saturated rings. The lowest BCUT2D eigenvalue weighted by molar-refractivity contribution is 0.178. The van der Waals surface area contributed by atoms with Gasteiger partial charge in [0.25, 0.3) is 0 Å². The lowest BCUT2D eigenvalue weighted by Crippen LogP contribution is -2.33. The van der Waals surface area contributed by atoms with E-state index in [9.17, 15) is 0 Å². The van der Waals surface area contributed by atoms with E-state index in [1.54, 1.807) is 0 Å². The molecule has 2 nitrogen and oxygen atoms in total. The number of nitrogens with one attached hydrogen (secondary N) is 1. The van der Waals surface area contributed by atoms with Crippen LogP contribution in [0.15, 0.2) is 22.7 Å². The Kier molecular flexibility index (Phi) is 4.86. The van der Waals surface area contributed by atoms with Gasteiger partial charge in [-0.2, -0.15) is 0 Å². The minimum absolute atomic E-state index is 0.475. The summed E-state index contributed by atoms with van der Waals surface area (Å²) in [4.78, 5) is 0. The summed E-state index contributed by atoms with van der Waals surface area (Å²) in [6, 6.07) is 6.35. The zero-order valence-electron chi connectivity index (χ0n) is 9.88. The minimum atomic E-state index is 0.475. The van der Waals surface area contributed by atoms with Gasteiger partial charge in [0.05, 0.1) is 6.61 Å². The Morgan fingerprint density at radius 2 is 2.41 bits per heavy atom. The summed E-state index contributed by atoms with van der Waals surface area (Å²) in [5, 5.41) is 4.32. The molecule has 94 valence electrons. The van der Waals surface area contributed by atoms with Crippen molar-refractivity contribution in [3.63, 3.8) is 0 Å². The summed E-state index contributed by atoms with van der Waals surface area (Å²) >= 11 is 9.53. The van der Waals surface area contributed by atoms with E-state index in [4.69, 9.17) is 16.3 Å². The largest absolute Gasteiger partial charge is 0.381 e. The van der Waals surface area contributed by atoms with Crippen molar-refractivity contribution in [3.05, 3.63) is 33.3 Å². The molecule has 4 heteroatoms. The molecule has 0 aliphatic carbocycles. The van der Waals surface area contributed by atoms with Crippen molar-refractivity contribution in [1.29, 1.82) is 0 Å². The zero-order chi connectivity index (χ0) is 12.3. The predicted octanol–water partition coefficient (Wildman–Crippen LogP) is 3.62. The third kappa shape index (κ3) is 3.68. The highest BCUT2D eigenvalue weighted by Gasteiger charge is 2.21. The highest BCUT2D eigenvalue weighted by atomic mass is 79.9. The number of ether oxygens (including phenoxy) is 1. The molecule has 2 atom stereocenters. The fourth-order valence-corrected chi connectivity index (χ4v) is 2.64. The molecule has 0 spiro atoms. The second-order valence-corrected chi connectivity index (χ2v) is 5.82. The Morgan fingerprint density at radius 3 is 3.12 bits per heavy atom. The Morgan fingerprint density at radius 1 is 1.59 bits per heavy atom. The number of rotatable bonds is 4. The second kappa shape index (κ2) is 6.19. The average molecular weight is 319 g/mol. The first kappa shape index (κ1) is 13.3. The summed E-state index contributed by atoms with van der Waals surface area (Å²) in [5.41, 5.74) is 1.20. The fourth-order valence-electron chi connectivity index (χ4n) is 2.06. The van der Waals surface area contributed by atoms with E-state index in [1.165, 1.54) is 5.56 Å². The molecule has 1 heterocycles. The van der Waals surface area contributed by atoms with Gasteiger partial charge in [-0.3, -0.25) is 0 Å². The molecule has 1 aromatic rings. The molecule has 2 unspecified atom stereocenters. The van der Waals surface area contributed by atoms with Gasteiger partial charge in [0.2, 0.25) is 0 Å². The summed E-state index contributed by atoms with van der Waals surface area (Å²) < 4.78 is 6.50. The van der Waals surface area contributed by atoms with Crippen LogP contribution in [0.4, 0.5) is 0 Å². The molecule has 0 radical (unpaired) electrons. The molecule has 1 saturated heterocycles. The number of halogens is 2. The molecule has 1 N–H and O–H groups in total. The van der Waals surface area contributed by atoms with Gasteiger partial charge in [0.15, 0.2) is 0 Å². The quantitative estimate of drug-likeness (QED) is 0.915. The Labute approximate surface area is 116 Å². The molecule has 0 amide bonds. The number of hydrogen-bond donors (Lipinski definition) is 1. The summed E-state index contributed by atoms with van der Waals surface area (Å²) in [6.45, 7) is 4.83. The Hall–Kier alpha value is -0.0900. The van der Waals surface area contributed by atoms with Crippen LogP contribution < -0.4 is 5.32 Å². The first-order chi connectivity index (χ1) is 8.16. The second-order valence-electron chi connectivity index (χ2n) is 4.53. The van der Waals surface area contributed by atoms with Crippen molar-refractivity contribution in [2.24, 2.45) is 5.92 Å². The van der Waals surface area contributed by atoms with Crippen molar-refractivity contribution in [1.82, 2.24) is 5.32 Å². The lowest BCUT2D eigenvalue weighted by atomic mass is 10.0. The van der Waals surface area contributed by atoms with Gasteiger partial charge in [0.1, 0.15) is 0 Å². The topological polar surface area (TPSA) is 21.3 Å². The van der Waals surface area contributed by atoms with Crippen LogP contribution in [0, 0.1) is 5.92 Å². The third-order valence-corrected chi connectivity index (χ3v) is 4.30. The maximum absolute atomic E-state index is 5.99. The van der Waals surface area contributed by atoms with E-state index >= 15 is 0 Å². The number of hydrogen-bond acceptors (Lipinski definition) is 2. The van der Waals surface area contributed by atoms with E-state index in [0.29, 0.717) is 12.0 Å². The van der Waals surface area contributed by atoms with Crippen LogP contribution in [-0.4, -0.2) is 19.3 Å². The molecule has 0 bridgehead atoms. The highest BCUT2D eigenvalue weighted by molar-refractivity contribution is 9.10. The zero-order valence-corrected chi connectivity index (χ0v) is 12.2. The summed E-state index contributed by atoms with van der Waals surface area (Å²) in [5.74, 6) is 0.632. The third-order valence-electron chi connectivity index (χ3n) is 3.29. The molecule has 0 saturated carbocycles. The van der Waals surface area contributed by atoms with Gasteiger partial charge in [-0.25, -0.2) is 0 Å². The van der Waals surface area contributed by atoms with Crippen molar-refractivity contribution in [2.75, 3.05) is 13.2 Å². The monoisotopic (exact) mass is 317 g/mol. The van der Waals surface area contributed by atoms with Crippen LogP contribution in [0.1, 0.15) is 18.9 Å². The van der Waals surface area contributed by atoms with Crippen molar-refractivity contribution in [3.8, 4) is 0 Å². The Balaban J connectivity index is 1.90. The molecular formula is C13H17BrClNO. The first-order valence-corrected chi connectivity index (χ1v) is 7.09. The van der Waals surface area contributed by atoms with Gasteiger partial charge in [-0.15, -0.1) is 0 Å². The van der Waals surface area contributed by atoms with E-state index in [0.717, 1.165) is 35.7 Å².